The van der Waals surface area contributed by atoms with Crippen LogP contribution in [0.3, 0.4) is 0 Å². The molecule has 0 heterocycles. The molecular formula is Ag2Al2O3. The van der Waals surface area contributed by atoms with Gasteiger partial charge in [0, 0.05) is 44.8 Å². The third kappa shape index (κ3) is 59.1. The van der Waals surface area contributed by atoms with Crippen LogP contribution in [-0.2, 0) is 61.2 Å². The van der Waals surface area contributed by atoms with Gasteiger partial charge in [-0.3, -0.25) is 0 Å². The van der Waals surface area contributed by atoms with Gasteiger partial charge in [-0.15, -0.1) is 0 Å². The fourth-order valence-electron chi connectivity index (χ4n) is 0. The Hall–Kier alpha value is 2.43. The van der Waals surface area contributed by atoms with Crippen LogP contribution in [-0.4, -0.2) is 34.7 Å². The molecular weight excluding hydrogens is 318 g/mol. The van der Waals surface area contributed by atoms with E-state index in [-0.39, 0.29) is 95.9 Å². The van der Waals surface area contributed by atoms with E-state index in [0.717, 1.165) is 0 Å². The molecule has 2 radical (unpaired) electrons. The molecule has 46 valence electrons. The van der Waals surface area contributed by atoms with Gasteiger partial charge in [-0.05, 0) is 0 Å². The van der Waals surface area contributed by atoms with Gasteiger partial charge in [0.15, 0.2) is 0 Å². The Morgan fingerprint density at radius 3 is 0.429 bits per heavy atom. The minimum Gasteiger partial charge on any atom is -2.00 e. The van der Waals surface area contributed by atoms with E-state index >= 15 is 0 Å². The van der Waals surface area contributed by atoms with Crippen LogP contribution in [0.5, 0.6) is 0 Å². The van der Waals surface area contributed by atoms with Gasteiger partial charge in [0.05, 0.1) is 0 Å². The average Bonchev–Trinajstić information content (AvgIpc) is 0. The molecule has 0 aromatic rings. The monoisotopic (exact) mass is 316 g/mol. The molecule has 3 nitrogen and oxygen atoms in total. The normalized spacial score (nSPS) is 0. The Morgan fingerprint density at radius 1 is 0.429 bits per heavy atom. The summed E-state index contributed by atoms with van der Waals surface area (Å²) in [5, 5.41) is 0. The van der Waals surface area contributed by atoms with Gasteiger partial charge in [-0.1, -0.05) is 0 Å². The molecule has 0 fully saturated rings. The SMILES string of the molecule is [Ag].[Ag].[Al+3].[Al+3].[O-2].[O-2].[O-2]. The van der Waals surface area contributed by atoms with Crippen molar-refractivity contribution in [2.24, 2.45) is 0 Å². The molecule has 0 aromatic heterocycles. The summed E-state index contributed by atoms with van der Waals surface area (Å²) in [5.74, 6) is 0. The molecule has 0 spiro atoms. The van der Waals surface area contributed by atoms with E-state index in [2.05, 4.69) is 0 Å². The van der Waals surface area contributed by atoms with E-state index in [4.69, 9.17) is 0 Å². The summed E-state index contributed by atoms with van der Waals surface area (Å²) >= 11 is 0. The van der Waals surface area contributed by atoms with Crippen molar-refractivity contribution in [2.45, 2.75) is 0 Å². The number of hydrogen-bond donors (Lipinski definition) is 0. The van der Waals surface area contributed by atoms with E-state index < -0.39 is 0 Å². The fourth-order valence-corrected chi connectivity index (χ4v) is 0. The van der Waals surface area contributed by atoms with Crippen molar-refractivity contribution in [3.8, 4) is 0 Å². The topological polar surface area (TPSA) is 85.5 Å². The van der Waals surface area contributed by atoms with E-state index in [1.165, 1.54) is 0 Å². The molecule has 0 aliphatic heterocycles. The van der Waals surface area contributed by atoms with Crippen molar-refractivity contribution in [3.63, 3.8) is 0 Å². The maximum atomic E-state index is 0. The zero-order valence-electron chi connectivity index (χ0n) is 2.98. The summed E-state index contributed by atoms with van der Waals surface area (Å²) < 4.78 is 0. The predicted molar refractivity (Wildman–Crippen MR) is 13.6 cm³/mol. The van der Waals surface area contributed by atoms with Crippen molar-refractivity contribution in [2.75, 3.05) is 0 Å². The Bertz CT molecular complexity index is 10.9. The second kappa shape index (κ2) is 79.0. The van der Waals surface area contributed by atoms with Gasteiger partial charge in [0.25, 0.3) is 0 Å². The van der Waals surface area contributed by atoms with Crippen molar-refractivity contribution in [3.05, 3.63) is 0 Å². The van der Waals surface area contributed by atoms with Gasteiger partial charge in [0.1, 0.15) is 0 Å². The molecule has 0 saturated heterocycles. The van der Waals surface area contributed by atoms with Crippen molar-refractivity contribution in [1.82, 2.24) is 0 Å². The molecule has 0 aliphatic rings. The third-order valence-electron chi connectivity index (χ3n) is 0. The molecule has 0 aliphatic carbocycles. The van der Waals surface area contributed by atoms with Crippen LogP contribution in [0, 0.1) is 0 Å². The summed E-state index contributed by atoms with van der Waals surface area (Å²) in [6, 6.07) is 0. The summed E-state index contributed by atoms with van der Waals surface area (Å²) in [4.78, 5) is 0. The van der Waals surface area contributed by atoms with Crippen LogP contribution < -0.4 is 0 Å². The Labute approximate surface area is 94.8 Å². The van der Waals surface area contributed by atoms with Gasteiger partial charge in [-0.25, -0.2) is 0 Å². The Kier molecular flexibility index (Phi) is 1280. The van der Waals surface area contributed by atoms with Crippen LogP contribution in [0.25, 0.3) is 0 Å². The summed E-state index contributed by atoms with van der Waals surface area (Å²) in [7, 11) is 0. The average molecular weight is 318 g/mol. The number of rotatable bonds is 0. The van der Waals surface area contributed by atoms with Crippen molar-refractivity contribution in [1.29, 1.82) is 0 Å². The largest absolute Gasteiger partial charge is 3.00 e. The molecule has 0 N–H and O–H groups in total. The van der Waals surface area contributed by atoms with Crippen molar-refractivity contribution < 1.29 is 61.2 Å². The van der Waals surface area contributed by atoms with Crippen LogP contribution in [0.15, 0.2) is 0 Å². The van der Waals surface area contributed by atoms with Crippen LogP contribution in [0.2, 0.25) is 0 Å². The van der Waals surface area contributed by atoms with Gasteiger partial charge >= 0.3 is 34.7 Å². The van der Waals surface area contributed by atoms with Crippen LogP contribution >= 0.6 is 0 Å². The van der Waals surface area contributed by atoms with E-state index in [0.29, 0.717) is 0 Å². The molecule has 0 bridgehead atoms. The van der Waals surface area contributed by atoms with E-state index in [1.54, 1.807) is 0 Å². The quantitative estimate of drug-likeness (QED) is 0.507. The van der Waals surface area contributed by atoms with Crippen LogP contribution in [0.4, 0.5) is 0 Å². The smallest absolute Gasteiger partial charge is 2.00 e. The maximum Gasteiger partial charge on any atom is 3.00 e. The second-order valence-corrected chi connectivity index (χ2v) is 0. The van der Waals surface area contributed by atoms with E-state index in [9.17, 15) is 0 Å². The molecule has 0 atom stereocenters. The second-order valence-electron chi connectivity index (χ2n) is 0. The minimum absolute atomic E-state index is 0. The molecule has 0 saturated carbocycles. The predicted octanol–water partition coefficient (Wildman–Crippen LogP) is -1.12. The molecule has 0 rings (SSSR count). The first-order valence-corrected chi connectivity index (χ1v) is 0. The Morgan fingerprint density at radius 2 is 0.429 bits per heavy atom. The van der Waals surface area contributed by atoms with Gasteiger partial charge in [-0.2, -0.15) is 0 Å². The summed E-state index contributed by atoms with van der Waals surface area (Å²) in [6.45, 7) is 0. The summed E-state index contributed by atoms with van der Waals surface area (Å²) in [5.41, 5.74) is 0. The standard InChI is InChI=1S/2Ag.2Al.3O/q;;2*+3;3*-2. The van der Waals surface area contributed by atoms with Gasteiger partial charge < -0.3 is 16.4 Å². The fraction of sp³-hybridized carbons (Fsp3) is 0. The third-order valence-corrected chi connectivity index (χ3v) is 0. The first-order valence-electron chi connectivity index (χ1n) is 0. The zero-order valence-corrected chi connectivity index (χ0v) is 8.26. The van der Waals surface area contributed by atoms with Crippen molar-refractivity contribution >= 4 is 34.7 Å². The maximum absolute atomic E-state index is 0. The first-order chi connectivity index (χ1) is 0. The Balaban J connectivity index is 0. The minimum atomic E-state index is 0. The van der Waals surface area contributed by atoms with E-state index in [1.807, 2.05) is 0 Å². The molecule has 0 unspecified atom stereocenters. The molecule has 7 heavy (non-hydrogen) atoms. The van der Waals surface area contributed by atoms with Crippen LogP contribution in [0.1, 0.15) is 0 Å². The molecule has 0 amide bonds. The molecule has 7 heteroatoms. The zero-order chi connectivity index (χ0) is 0. The number of hydrogen-bond acceptors (Lipinski definition) is 0. The summed E-state index contributed by atoms with van der Waals surface area (Å²) in [6.07, 6.45) is 0. The van der Waals surface area contributed by atoms with Gasteiger partial charge in [0.2, 0.25) is 0 Å². The first kappa shape index (κ1) is 114. The molecule has 0 aromatic carbocycles.